The van der Waals surface area contributed by atoms with Gasteiger partial charge in [-0.05, 0) is 30.3 Å². The molecule has 30 heavy (non-hydrogen) atoms. The van der Waals surface area contributed by atoms with Crippen molar-refractivity contribution in [1.82, 2.24) is 5.32 Å². The fraction of sp³-hybridized carbons (Fsp3) is 0.0870. The van der Waals surface area contributed by atoms with Gasteiger partial charge in [0.25, 0.3) is 5.91 Å². The number of ether oxygens (including phenoxy) is 1. The maximum Gasteiger partial charge on any atom is 0.253 e. The SMILES string of the molecule is O=C(COC(NC(=O)c1ccccc1)C(=O)c1ccccc1)Nc1cccc(Br)c1. The molecule has 3 aromatic carbocycles. The molecule has 2 amide bonds. The number of amides is 2. The summed E-state index contributed by atoms with van der Waals surface area (Å²) in [7, 11) is 0. The van der Waals surface area contributed by atoms with E-state index in [0.717, 1.165) is 4.47 Å². The highest BCUT2D eigenvalue weighted by atomic mass is 79.9. The molecular weight excluding hydrogens is 448 g/mol. The largest absolute Gasteiger partial charge is 0.341 e. The second-order valence-electron chi connectivity index (χ2n) is 6.32. The topological polar surface area (TPSA) is 84.5 Å². The van der Waals surface area contributed by atoms with Crippen LogP contribution in [-0.2, 0) is 9.53 Å². The van der Waals surface area contributed by atoms with Gasteiger partial charge < -0.3 is 15.4 Å². The molecule has 0 heterocycles. The van der Waals surface area contributed by atoms with Crippen molar-refractivity contribution in [2.75, 3.05) is 11.9 Å². The molecule has 1 atom stereocenters. The molecule has 0 saturated carbocycles. The van der Waals surface area contributed by atoms with Crippen molar-refractivity contribution in [3.8, 4) is 0 Å². The molecule has 3 aromatic rings. The maximum atomic E-state index is 12.8. The molecule has 6 nitrogen and oxygen atoms in total. The van der Waals surface area contributed by atoms with Crippen molar-refractivity contribution >= 4 is 39.2 Å². The van der Waals surface area contributed by atoms with Gasteiger partial charge in [-0.25, -0.2) is 0 Å². The zero-order valence-corrected chi connectivity index (χ0v) is 17.5. The second kappa shape index (κ2) is 10.5. The zero-order valence-electron chi connectivity index (χ0n) is 15.9. The molecule has 0 saturated heterocycles. The zero-order chi connectivity index (χ0) is 21.3. The van der Waals surface area contributed by atoms with Crippen LogP contribution in [0.3, 0.4) is 0 Å². The summed E-state index contributed by atoms with van der Waals surface area (Å²) in [6.45, 7) is -0.412. The van der Waals surface area contributed by atoms with Gasteiger partial charge in [0.2, 0.25) is 11.7 Å². The smallest absolute Gasteiger partial charge is 0.253 e. The van der Waals surface area contributed by atoms with E-state index < -0.39 is 30.4 Å². The van der Waals surface area contributed by atoms with Gasteiger partial charge in [0.15, 0.2) is 6.23 Å². The minimum Gasteiger partial charge on any atom is -0.341 e. The Bertz CT molecular complexity index is 1030. The average Bonchev–Trinajstić information content (AvgIpc) is 2.77. The summed E-state index contributed by atoms with van der Waals surface area (Å²) in [4.78, 5) is 37.6. The van der Waals surface area contributed by atoms with Crippen molar-refractivity contribution in [3.63, 3.8) is 0 Å². The Balaban J connectivity index is 1.69. The van der Waals surface area contributed by atoms with E-state index in [2.05, 4.69) is 26.6 Å². The van der Waals surface area contributed by atoms with E-state index in [1.165, 1.54) is 0 Å². The quantitative estimate of drug-likeness (QED) is 0.387. The van der Waals surface area contributed by atoms with Crippen LogP contribution in [0, 0.1) is 0 Å². The Kier molecular flexibility index (Phi) is 7.48. The van der Waals surface area contributed by atoms with Gasteiger partial charge >= 0.3 is 0 Å². The lowest BCUT2D eigenvalue weighted by molar-refractivity contribution is -0.122. The molecule has 152 valence electrons. The number of halogens is 1. The number of hydrogen-bond donors (Lipinski definition) is 2. The van der Waals surface area contributed by atoms with E-state index in [1.54, 1.807) is 78.9 Å². The van der Waals surface area contributed by atoms with Crippen LogP contribution in [0.4, 0.5) is 5.69 Å². The molecule has 0 aliphatic rings. The van der Waals surface area contributed by atoms with Crippen LogP contribution in [0.25, 0.3) is 0 Å². The van der Waals surface area contributed by atoms with Gasteiger partial charge in [-0.3, -0.25) is 14.4 Å². The predicted octanol–water partition coefficient (Wildman–Crippen LogP) is 4.04. The Morgan fingerprint density at radius 1 is 0.833 bits per heavy atom. The first-order valence-electron chi connectivity index (χ1n) is 9.15. The van der Waals surface area contributed by atoms with Crippen LogP contribution in [-0.4, -0.2) is 30.4 Å². The third-order valence-corrected chi connectivity index (χ3v) is 4.58. The molecule has 0 fully saturated rings. The van der Waals surface area contributed by atoms with Crippen molar-refractivity contribution in [2.45, 2.75) is 6.23 Å². The second-order valence-corrected chi connectivity index (χ2v) is 7.24. The van der Waals surface area contributed by atoms with Crippen molar-refractivity contribution in [2.24, 2.45) is 0 Å². The lowest BCUT2D eigenvalue weighted by Crippen LogP contribution is -2.44. The molecular formula is C23H19BrN2O4. The van der Waals surface area contributed by atoms with Gasteiger partial charge in [0.1, 0.15) is 6.61 Å². The van der Waals surface area contributed by atoms with Crippen LogP contribution in [0.2, 0.25) is 0 Å². The molecule has 0 aliphatic heterocycles. The summed E-state index contributed by atoms with van der Waals surface area (Å²) >= 11 is 3.33. The van der Waals surface area contributed by atoms with E-state index in [-0.39, 0.29) is 0 Å². The van der Waals surface area contributed by atoms with Crippen molar-refractivity contribution in [3.05, 3.63) is 101 Å². The highest BCUT2D eigenvalue weighted by molar-refractivity contribution is 9.10. The highest BCUT2D eigenvalue weighted by Crippen LogP contribution is 2.15. The minimum atomic E-state index is -1.31. The van der Waals surface area contributed by atoms with Gasteiger partial charge in [-0.15, -0.1) is 0 Å². The number of benzene rings is 3. The van der Waals surface area contributed by atoms with Crippen LogP contribution in [0.15, 0.2) is 89.4 Å². The third-order valence-electron chi connectivity index (χ3n) is 4.08. The van der Waals surface area contributed by atoms with Gasteiger partial charge in [0.05, 0.1) is 0 Å². The van der Waals surface area contributed by atoms with Crippen LogP contribution in [0.5, 0.6) is 0 Å². The standard InChI is InChI=1S/C23H19BrN2O4/c24-18-12-7-13-19(14-18)25-20(27)15-30-23(21(28)16-8-3-1-4-9-16)26-22(29)17-10-5-2-6-11-17/h1-14,23H,15H2,(H,25,27)(H,26,29). The molecule has 0 aromatic heterocycles. The van der Waals surface area contributed by atoms with Crippen LogP contribution >= 0.6 is 15.9 Å². The minimum absolute atomic E-state index is 0.364. The number of carbonyl (C=O) groups is 3. The summed E-state index contributed by atoms with van der Waals surface area (Å²) < 4.78 is 6.32. The van der Waals surface area contributed by atoms with Gasteiger partial charge in [-0.2, -0.15) is 0 Å². The third kappa shape index (κ3) is 6.10. The predicted molar refractivity (Wildman–Crippen MR) is 117 cm³/mol. The van der Waals surface area contributed by atoms with Gasteiger partial charge in [0, 0.05) is 21.3 Å². The number of rotatable bonds is 8. The van der Waals surface area contributed by atoms with Crippen molar-refractivity contribution < 1.29 is 19.1 Å². The summed E-state index contributed by atoms with van der Waals surface area (Å²) in [5, 5.41) is 5.25. The Labute approximate surface area is 182 Å². The highest BCUT2D eigenvalue weighted by Gasteiger charge is 2.24. The fourth-order valence-corrected chi connectivity index (χ4v) is 3.05. The number of Topliss-reactive ketones (excluding diaryl/α,β-unsaturated/α-hetero) is 1. The fourth-order valence-electron chi connectivity index (χ4n) is 2.65. The molecule has 7 heteroatoms. The first kappa shape index (κ1) is 21.4. The summed E-state index contributed by atoms with van der Waals surface area (Å²) in [6.07, 6.45) is -1.31. The molecule has 0 aliphatic carbocycles. The number of ketones is 1. The normalized spacial score (nSPS) is 11.4. The monoisotopic (exact) mass is 466 g/mol. The van der Waals surface area contributed by atoms with E-state index in [1.807, 2.05) is 6.07 Å². The maximum absolute atomic E-state index is 12.8. The summed E-state index contributed by atoms with van der Waals surface area (Å²) in [5.41, 5.74) is 1.33. The lowest BCUT2D eigenvalue weighted by atomic mass is 10.1. The number of anilines is 1. The molecule has 0 spiro atoms. The molecule has 0 radical (unpaired) electrons. The first-order chi connectivity index (χ1) is 14.5. The van der Waals surface area contributed by atoms with E-state index >= 15 is 0 Å². The van der Waals surface area contributed by atoms with Crippen LogP contribution in [0.1, 0.15) is 20.7 Å². The van der Waals surface area contributed by atoms with Crippen molar-refractivity contribution in [1.29, 1.82) is 0 Å². The summed E-state index contributed by atoms with van der Waals surface area (Å²) in [5.74, 6) is -1.37. The number of carbonyl (C=O) groups excluding carboxylic acids is 3. The average molecular weight is 467 g/mol. The van der Waals surface area contributed by atoms with E-state index in [4.69, 9.17) is 4.74 Å². The lowest BCUT2D eigenvalue weighted by Gasteiger charge is -2.18. The van der Waals surface area contributed by atoms with Gasteiger partial charge in [-0.1, -0.05) is 70.5 Å². The Morgan fingerprint density at radius 3 is 2.10 bits per heavy atom. The Morgan fingerprint density at radius 2 is 1.47 bits per heavy atom. The Hall–Kier alpha value is -3.29. The molecule has 3 rings (SSSR count). The molecule has 1 unspecified atom stereocenters. The van der Waals surface area contributed by atoms with E-state index in [0.29, 0.717) is 16.8 Å². The number of hydrogen-bond acceptors (Lipinski definition) is 4. The first-order valence-corrected chi connectivity index (χ1v) is 9.94. The van der Waals surface area contributed by atoms with Crippen LogP contribution < -0.4 is 10.6 Å². The molecule has 2 N–H and O–H groups in total. The summed E-state index contributed by atoms with van der Waals surface area (Å²) in [6, 6.07) is 24.0. The number of nitrogens with one attached hydrogen (secondary N) is 2. The molecule has 0 bridgehead atoms. The van der Waals surface area contributed by atoms with E-state index in [9.17, 15) is 14.4 Å².